The van der Waals surface area contributed by atoms with Gasteiger partial charge < -0.3 is 21.5 Å². The van der Waals surface area contributed by atoms with E-state index in [1.54, 1.807) is 31.2 Å². The molecule has 0 saturated carbocycles. The lowest BCUT2D eigenvalue weighted by Crippen LogP contribution is -2.15. The highest BCUT2D eigenvalue weighted by Crippen LogP contribution is 2.24. The Morgan fingerprint density at radius 1 is 1.29 bits per heavy atom. The summed E-state index contributed by atoms with van der Waals surface area (Å²) in [6.07, 6.45) is 1.29. The van der Waals surface area contributed by atoms with E-state index in [1.165, 1.54) is 18.3 Å². The second-order valence-corrected chi connectivity index (χ2v) is 5.41. The number of hydrogen-bond donors (Lipinski definition) is 4. The Balaban J connectivity index is 2.15. The van der Waals surface area contributed by atoms with Crippen LogP contribution in [0.4, 0.5) is 17.1 Å². The van der Waals surface area contributed by atoms with Gasteiger partial charge in [0.2, 0.25) is 0 Å². The zero-order valence-corrected chi connectivity index (χ0v) is 13.6. The molecule has 6 nitrogen and oxygen atoms in total. The fourth-order valence-corrected chi connectivity index (χ4v) is 2.17. The third kappa shape index (κ3) is 4.18. The van der Waals surface area contributed by atoms with E-state index >= 15 is 0 Å². The van der Waals surface area contributed by atoms with Crippen molar-refractivity contribution in [2.24, 2.45) is 0 Å². The van der Waals surface area contributed by atoms with Gasteiger partial charge in [0.15, 0.2) is 0 Å². The number of halogens is 1. The summed E-state index contributed by atoms with van der Waals surface area (Å²) < 4.78 is 0. The number of anilines is 3. The predicted molar refractivity (Wildman–Crippen MR) is 94.7 cm³/mol. The van der Waals surface area contributed by atoms with Crippen LogP contribution in [0.15, 0.2) is 48.2 Å². The maximum absolute atomic E-state index is 12.2. The number of aryl methyl sites for hydroxylation is 1. The number of aromatic hydroxyl groups is 1. The molecule has 0 aromatic heterocycles. The smallest absolute Gasteiger partial charge is 0.267 e. The van der Waals surface area contributed by atoms with Gasteiger partial charge in [-0.3, -0.25) is 4.79 Å². The monoisotopic (exact) mass is 342 g/mol. The molecule has 0 aliphatic rings. The quantitative estimate of drug-likeness (QED) is 0.294. The van der Waals surface area contributed by atoms with Crippen LogP contribution < -0.4 is 16.4 Å². The number of nitrogen functional groups attached to an aromatic ring is 1. The maximum Gasteiger partial charge on any atom is 0.267 e. The molecule has 2 rings (SSSR count). The molecule has 0 fully saturated rings. The molecule has 0 atom stereocenters. The van der Waals surface area contributed by atoms with Gasteiger partial charge in [0.25, 0.3) is 5.91 Å². The second kappa shape index (κ2) is 7.40. The Morgan fingerprint density at radius 2 is 2.00 bits per heavy atom. The standard InChI is InChI=1S/C17H15ClN4O2/c1-10-6-13(23)3-5-15(10)21-9-11(8-19)17(24)22-16-4-2-12(20)7-14(16)18/h2-7,9,21,23H,20H2,1H3,(H,22,24)/b11-9-. The number of rotatable bonds is 4. The van der Waals surface area contributed by atoms with Gasteiger partial charge in [0.1, 0.15) is 17.4 Å². The largest absolute Gasteiger partial charge is 0.508 e. The molecule has 0 unspecified atom stereocenters. The van der Waals surface area contributed by atoms with Crippen LogP contribution in [0.25, 0.3) is 0 Å². The Morgan fingerprint density at radius 3 is 2.62 bits per heavy atom. The maximum atomic E-state index is 12.2. The SMILES string of the molecule is Cc1cc(O)ccc1N/C=C(/C#N)C(=O)Nc1ccc(N)cc1Cl. The Bertz CT molecular complexity index is 856. The van der Waals surface area contributed by atoms with Crippen LogP contribution in [-0.4, -0.2) is 11.0 Å². The van der Waals surface area contributed by atoms with E-state index in [4.69, 9.17) is 22.6 Å². The fraction of sp³-hybridized carbons (Fsp3) is 0.0588. The number of phenols is 1. The molecule has 0 heterocycles. The van der Waals surface area contributed by atoms with E-state index in [0.29, 0.717) is 17.1 Å². The van der Waals surface area contributed by atoms with E-state index in [2.05, 4.69) is 10.6 Å². The topological polar surface area (TPSA) is 111 Å². The fourth-order valence-electron chi connectivity index (χ4n) is 1.93. The number of phenolic OH excluding ortho intramolecular Hbond substituents is 1. The van der Waals surface area contributed by atoms with Crippen molar-refractivity contribution in [1.82, 2.24) is 0 Å². The number of carbonyl (C=O) groups excluding carboxylic acids is 1. The molecule has 5 N–H and O–H groups in total. The summed E-state index contributed by atoms with van der Waals surface area (Å²) in [5.74, 6) is -0.466. The molecular formula is C17H15ClN4O2. The molecule has 2 aromatic carbocycles. The summed E-state index contributed by atoms with van der Waals surface area (Å²) >= 11 is 5.99. The molecule has 0 aliphatic heterocycles. The normalized spacial score (nSPS) is 10.8. The van der Waals surface area contributed by atoms with Gasteiger partial charge in [0, 0.05) is 17.6 Å². The zero-order valence-electron chi connectivity index (χ0n) is 12.8. The van der Waals surface area contributed by atoms with Crippen LogP contribution in [0.5, 0.6) is 5.75 Å². The summed E-state index contributed by atoms with van der Waals surface area (Å²) in [5, 5.41) is 24.2. The van der Waals surface area contributed by atoms with E-state index in [1.807, 2.05) is 6.07 Å². The van der Waals surface area contributed by atoms with Crippen molar-refractivity contribution in [3.63, 3.8) is 0 Å². The van der Waals surface area contributed by atoms with Crippen molar-refractivity contribution in [3.8, 4) is 11.8 Å². The molecule has 2 aromatic rings. The molecule has 24 heavy (non-hydrogen) atoms. The molecule has 1 amide bonds. The van der Waals surface area contributed by atoms with Crippen molar-refractivity contribution in [2.45, 2.75) is 6.92 Å². The number of benzene rings is 2. The van der Waals surface area contributed by atoms with Crippen molar-refractivity contribution in [2.75, 3.05) is 16.4 Å². The third-order valence-electron chi connectivity index (χ3n) is 3.19. The molecule has 0 saturated heterocycles. The van der Waals surface area contributed by atoms with Crippen molar-refractivity contribution < 1.29 is 9.90 Å². The van der Waals surface area contributed by atoms with Crippen molar-refractivity contribution in [3.05, 3.63) is 58.8 Å². The highest BCUT2D eigenvalue weighted by atomic mass is 35.5. The van der Waals surface area contributed by atoms with Gasteiger partial charge in [-0.2, -0.15) is 5.26 Å². The first kappa shape index (κ1) is 17.2. The van der Waals surface area contributed by atoms with E-state index in [9.17, 15) is 9.90 Å². The van der Waals surface area contributed by atoms with E-state index in [0.717, 1.165) is 5.56 Å². The first-order valence-corrected chi connectivity index (χ1v) is 7.31. The number of hydrogen-bond acceptors (Lipinski definition) is 5. The van der Waals surface area contributed by atoms with Crippen molar-refractivity contribution >= 4 is 34.6 Å². The summed E-state index contributed by atoms with van der Waals surface area (Å²) in [4.78, 5) is 12.2. The summed E-state index contributed by atoms with van der Waals surface area (Å²) in [6, 6.07) is 11.2. The molecule has 0 bridgehead atoms. The predicted octanol–water partition coefficient (Wildman–Crippen LogP) is 3.39. The number of nitriles is 1. The summed E-state index contributed by atoms with van der Waals surface area (Å²) in [7, 11) is 0. The van der Waals surface area contributed by atoms with Gasteiger partial charge in [-0.25, -0.2) is 0 Å². The first-order chi connectivity index (χ1) is 11.4. The minimum Gasteiger partial charge on any atom is -0.508 e. The van der Waals surface area contributed by atoms with Gasteiger partial charge in [0.05, 0.1) is 10.7 Å². The van der Waals surface area contributed by atoms with Crippen LogP contribution in [0.2, 0.25) is 5.02 Å². The Labute approximate surface area is 144 Å². The molecule has 0 spiro atoms. The van der Waals surface area contributed by atoms with E-state index < -0.39 is 5.91 Å². The van der Waals surface area contributed by atoms with Crippen LogP contribution >= 0.6 is 11.6 Å². The molecule has 0 radical (unpaired) electrons. The van der Waals surface area contributed by atoms with Gasteiger partial charge in [-0.05, 0) is 48.9 Å². The minimum absolute atomic E-state index is 0.129. The van der Waals surface area contributed by atoms with Gasteiger partial charge in [-0.15, -0.1) is 0 Å². The number of nitrogens with two attached hydrogens (primary N) is 1. The van der Waals surface area contributed by atoms with Crippen LogP contribution in [0.3, 0.4) is 0 Å². The Kier molecular flexibility index (Phi) is 5.30. The van der Waals surface area contributed by atoms with Crippen LogP contribution in [0, 0.1) is 18.3 Å². The zero-order chi connectivity index (χ0) is 17.7. The van der Waals surface area contributed by atoms with E-state index in [-0.39, 0.29) is 16.3 Å². The van der Waals surface area contributed by atoms with Gasteiger partial charge >= 0.3 is 0 Å². The van der Waals surface area contributed by atoms with Crippen LogP contribution in [-0.2, 0) is 4.79 Å². The molecular weight excluding hydrogens is 328 g/mol. The molecule has 122 valence electrons. The number of amides is 1. The van der Waals surface area contributed by atoms with Gasteiger partial charge in [-0.1, -0.05) is 11.6 Å². The highest BCUT2D eigenvalue weighted by Gasteiger charge is 2.11. The highest BCUT2D eigenvalue weighted by molar-refractivity contribution is 6.34. The lowest BCUT2D eigenvalue weighted by Gasteiger charge is -2.09. The lowest BCUT2D eigenvalue weighted by molar-refractivity contribution is -0.112. The Hall–Kier alpha value is -3.17. The number of nitrogens with one attached hydrogen (secondary N) is 2. The summed E-state index contributed by atoms with van der Waals surface area (Å²) in [5.41, 5.74) is 7.73. The first-order valence-electron chi connectivity index (χ1n) is 6.93. The second-order valence-electron chi connectivity index (χ2n) is 5.01. The average Bonchev–Trinajstić information content (AvgIpc) is 2.52. The van der Waals surface area contributed by atoms with Crippen molar-refractivity contribution in [1.29, 1.82) is 5.26 Å². The lowest BCUT2D eigenvalue weighted by atomic mass is 10.2. The number of carbonyl (C=O) groups is 1. The molecule has 0 aliphatic carbocycles. The third-order valence-corrected chi connectivity index (χ3v) is 3.50. The van der Waals surface area contributed by atoms with Crippen LogP contribution in [0.1, 0.15) is 5.56 Å². The average molecular weight is 343 g/mol. The summed E-state index contributed by atoms with van der Waals surface area (Å²) in [6.45, 7) is 1.79. The molecule has 7 heteroatoms. The minimum atomic E-state index is -0.604. The number of nitrogens with zero attached hydrogens (tertiary/aromatic N) is 1.